The summed E-state index contributed by atoms with van der Waals surface area (Å²) in [5.41, 5.74) is 6.25. The molecule has 0 saturated carbocycles. The van der Waals surface area contributed by atoms with Crippen molar-refractivity contribution in [2.75, 3.05) is 5.75 Å². The Bertz CT molecular complexity index is 922. The van der Waals surface area contributed by atoms with E-state index in [1.54, 1.807) is 38.1 Å². The number of nitrogens with two attached hydrogens (primary N) is 1. The molecule has 0 heterocycles. The zero-order valence-electron chi connectivity index (χ0n) is 18.2. The van der Waals surface area contributed by atoms with Gasteiger partial charge in [0.1, 0.15) is 18.7 Å². The summed E-state index contributed by atoms with van der Waals surface area (Å²) in [7, 11) is -1.33. The second kappa shape index (κ2) is 12.6. The Balaban J connectivity index is 1.92. The Morgan fingerprint density at radius 2 is 1.56 bits per heavy atom. The summed E-state index contributed by atoms with van der Waals surface area (Å²) in [5.74, 6) is -1.42. The smallest absolute Gasteiger partial charge is 0.408 e. The lowest BCUT2D eigenvalue weighted by Gasteiger charge is -2.24. The van der Waals surface area contributed by atoms with Gasteiger partial charge < -0.3 is 21.1 Å². The highest BCUT2D eigenvalue weighted by Crippen LogP contribution is 2.09. The van der Waals surface area contributed by atoms with Crippen LogP contribution in [-0.4, -0.2) is 40.0 Å². The third kappa shape index (κ3) is 8.14. The van der Waals surface area contributed by atoms with Gasteiger partial charge in [-0.25, -0.2) is 4.79 Å². The molecular formula is C23H29N3O5S. The van der Waals surface area contributed by atoms with Gasteiger partial charge in [-0.3, -0.25) is 13.8 Å². The number of benzene rings is 2. The molecule has 0 aromatic heterocycles. The van der Waals surface area contributed by atoms with Crippen LogP contribution in [0.15, 0.2) is 65.6 Å². The van der Waals surface area contributed by atoms with Gasteiger partial charge in [0.15, 0.2) is 0 Å². The Hall–Kier alpha value is -3.20. The molecule has 2 aromatic rings. The first-order chi connectivity index (χ1) is 15.3. The van der Waals surface area contributed by atoms with Crippen molar-refractivity contribution in [2.24, 2.45) is 11.7 Å². The van der Waals surface area contributed by atoms with Crippen LogP contribution in [-0.2, 0) is 31.7 Å². The molecule has 2 aromatic carbocycles. The highest BCUT2D eigenvalue weighted by atomic mass is 32.2. The van der Waals surface area contributed by atoms with Crippen molar-refractivity contribution in [3.05, 3.63) is 66.2 Å². The number of carbonyl (C=O) groups excluding carboxylic acids is 3. The average molecular weight is 460 g/mol. The van der Waals surface area contributed by atoms with Crippen LogP contribution in [0.4, 0.5) is 4.79 Å². The van der Waals surface area contributed by atoms with Gasteiger partial charge in [0.25, 0.3) is 0 Å². The van der Waals surface area contributed by atoms with Crippen molar-refractivity contribution in [3.63, 3.8) is 0 Å². The maximum absolute atomic E-state index is 12.8. The van der Waals surface area contributed by atoms with Crippen LogP contribution >= 0.6 is 0 Å². The van der Waals surface area contributed by atoms with E-state index < -0.39 is 40.8 Å². The molecule has 0 aliphatic heterocycles. The fraction of sp³-hybridized carbons (Fsp3) is 0.348. The van der Waals surface area contributed by atoms with E-state index in [2.05, 4.69) is 10.6 Å². The number of amides is 3. The van der Waals surface area contributed by atoms with Crippen molar-refractivity contribution in [1.82, 2.24) is 10.6 Å². The fourth-order valence-corrected chi connectivity index (χ4v) is 4.03. The molecule has 4 N–H and O–H groups in total. The number of hydrogen-bond acceptors (Lipinski definition) is 5. The molecule has 0 aliphatic rings. The van der Waals surface area contributed by atoms with E-state index in [9.17, 15) is 18.6 Å². The molecule has 172 valence electrons. The van der Waals surface area contributed by atoms with Crippen LogP contribution in [0.2, 0.25) is 0 Å². The van der Waals surface area contributed by atoms with Crippen molar-refractivity contribution in [1.29, 1.82) is 0 Å². The van der Waals surface area contributed by atoms with E-state index in [-0.39, 0.29) is 24.7 Å². The van der Waals surface area contributed by atoms with E-state index in [0.29, 0.717) is 4.90 Å². The lowest BCUT2D eigenvalue weighted by atomic mass is 10.0. The molecule has 0 unspecified atom stereocenters. The molecule has 9 heteroatoms. The van der Waals surface area contributed by atoms with Crippen molar-refractivity contribution < 1.29 is 23.3 Å². The molecule has 3 atom stereocenters. The van der Waals surface area contributed by atoms with E-state index in [4.69, 9.17) is 10.5 Å². The minimum atomic E-state index is -1.33. The molecule has 0 aliphatic carbocycles. The predicted molar refractivity (Wildman–Crippen MR) is 122 cm³/mol. The first-order valence-electron chi connectivity index (χ1n) is 10.3. The molecule has 8 nitrogen and oxygen atoms in total. The Labute approximate surface area is 190 Å². The van der Waals surface area contributed by atoms with Crippen molar-refractivity contribution >= 4 is 28.7 Å². The van der Waals surface area contributed by atoms with Gasteiger partial charge in [-0.05, 0) is 30.0 Å². The Morgan fingerprint density at radius 3 is 2.12 bits per heavy atom. The van der Waals surface area contributed by atoms with Gasteiger partial charge >= 0.3 is 6.09 Å². The van der Waals surface area contributed by atoms with Gasteiger partial charge in [0, 0.05) is 10.6 Å². The largest absolute Gasteiger partial charge is 0.445 e. The standard InChI is InChI=1S/C23H29N3O5S/c1-16(2)20(26-23(29)31-15-17-9-5-3-6-10-17)22(28)25-19(21(24)27)13-14-32(30)18-11-7-4-8-12-18/h3-12,16,19-20H,13-15H2,1-2H3,(H2,24,27)(H,25,28)(H,26,29)/t19-,20+,32-/m1/s1. The van der Waals surface area contributed by atoms with Gasteiger partial charge in [-0.1, -0.05) is 62.4 Å². The van der Waals surface area contributed by atoms with Gasteiger partial charge in [0.2, 0.25) is 11.8 Å². The number of ether oxygens (including phenoxy) is 1. The maximum Gasteiger partial charge on any atom is 0.408 e. The van der Waals surface area contributed by atoms with Crippen LogP contribution in [0.5, 0.6) is 0 Å². The van der Waals surface area contributed by atoms with Gasteiger partial charge in [0.05, 0.1) is 10.8 Å². The molecule has 0 radical (unpaired) electrons. The highest BCUT2D eigenvalue weighted by molar-refractivity contribution is 7.85. The van der Waals surface area contributed by atoms with Crippen molar-refractivity contribution in [2.45, 2.75) is 43.9 Å². The summed E-state index contributed by atoms with van der Waals surface area (Å²) in [6.07, 6.45) is -0.644. The number of primary amides is 1. The maximum atomic E-state index is 12.8. The van der Waals surface area contributed by atoms with Crippen LogP contribution in [0.25, 0.3) is 0 Å². The summed E-state index contributed by atoms with van der Waals surface area (Å²) in [4.78, 5) is 37.4. The highest BCUT2D eigenvalue weighted by Gasteiger charge is 2.28. The monoisotopic (exact) mass is 459 g/mol. The van der Waals surface area contributed by atoms with Crippen LogP contribution in [0, 0.1) is 5.92 Å². The average Bonchev–Trinajstić information content (AvgIpc) is 2.79. The quantitative estimate of drug-likeness (QED) is 0.474. The van der Waals surface area contributed by atoms with Crippen LogP contribution in [0.3, 0.4) is 0 Å². The second-order valence-electron chi connectivity index (χ2n) is 7.54. The van der Waals surface area contributed by atoms with Gasteiger partial charge in [-0.15, -0.1) is 0 Å². The molecule has 32 heavy (non-hydrogen) atoms. The lowest BCUT2D eigenvalue weighted by Crippen LogP contribution is -2.55. The summed E-state index contributed by atoms with van der Waals surface area (Å²) in [6.45, 7) is 3.57. The Morgan fingerprint density at radius 1 is 0.969 bits per heavy atom. The molecule has 0 spiro atoms. The predicted octanol–water partition coefficient (Wildman–Crippen LogP) is 2.11. The molecule has 3 amide bonds. The number of carbonyl (C=O) groups is 3. The zero-order chi connectivity index (χ0) is 23.5. The number of alkyl carbamates (subject to hydrolysis) is 1. The van der Waals surface area contributed by atoms with E-state index >= 15 is 0 Å². The van der Waals surface area contributed by atoms with E-state index in [1.165, 1.54) is 0 Å². The number of rotatable bonds is 11. The third-order valence-corrected chi connectivity index (χ3v) is 6.10. The molecule has 0 fully saturated rings. The first kappa shape index (κ1) is 25.1. The van der Waals surface area contributed by atoms with Gasteiger partial charge in [-0.2, -0.15) is 0 Å². The summed E-state index contributed by atoms with van der Waals surface area (Å²) in [5, 5.41) is 5.10. The molecule has 2 rings (SSSR count). The first-order valence-corrected chi connectivity index (χ1v) is 11.6. The molecular weight excluding hydrogens is 430 g/mol. The topological polar surface area (TPSA) is 128 Å². The molecule has 0 saturated heterocycles. The third-order valence-electron chi connectivity index (χ3n) is 4.69. The van der Waals surface area contributed by atoms with Crippen LogP contribution < -0.4 is 16.4 Å². The molecule has 0 bridgehead atoms. The minimum Gasteiger partial charge on any atom is -0.445 e. The zero-order valence-corrected chi connectivity index (χ0v) is 19.0. The fourth-order valence-electron chi connectivity index (χ4n) is 2.89. The number of hydrogen-bond donors (Lipinski definition) is 3. The van der Waals surface area contributed by atoms with Crippen molar-refractivity contribution in [3.8, 4) is 0 Å². The van der Waals surface area contributed by atoms with Crippen LogP contribution in [0.1, 0.15) is 25.8 Å². The van der Waals surface area contributed by atoms with E-state index in [0.717, 1.165) is 5.56 Å². The van der Waals surface area contributed by atoms with E-state index in [1.807, 2.05) is 36.4 Å². The number of nitrogens with one attached hydrogen (secondary N) is 2. The summed E-state index contributed by atoms with van der Waals surface area (Å²) >= 11 is 0. The normalized spacial score (nSPS) is 13.6. The minimum absolute atomic E-state index is 0.0638. The Kier molecular flexibility index (Phi) is 9.87. The summed E-state index contributed by atoms with van der Waals surface area (Å²) < 4.78 is 17.6. The second-order valence-corrected chi connectivity index (χ2v) is 9.11. The lowest BCUT2D eigenvalue weighted by molar-refractivity contribution is -0.129. The summed E-state index contributed by atoms with van der Waals surface area (Å²) in [6, 6.07) is 16.0. The SMILES string of the molecule is CC(C)[C@H](NC(=O)OCc1ccccc1)C(=O)N[C@H](CC[S@@](=O)c1ccccc1)C(N)=O.